The van der Waals surface area contributed by atoms with Gasteiger partial charge in [0, 0.05) is 65.6 Å². The minimum atomic E-state index is -4.73. The zero-order valence-electron chi connectivity index (χ0n) is 30.1. The quantitative estimate of drug-likeness (QED) is 0.0939. The number of unbranched alkanes of at least 4 members (excludes halogenated alkanes) is 3. The van der Waals surface area contributed by atoms with Crippen LogP contribution in [0.3, 0.4) is 0 Å². The van der Waals surface area contributed by atoms with E-state index in [9.17, 15) is 44.0 Å². The van der Waals surface area contributed by atoms with Gasteiger partial charge >= 0.3 is 0 Å². The molecule has 0 radical (unpaired) electrons. The summed E-state index contributed by atoms with van der Waals surface area (Å²) in [5.41, 5.74) is 4.80. The van der Waals surface area contributed by atoms with Gasteiger partial charge in [0.25, 0.3) is 0 Å². The Kier molecular flexibility index (Phi) is 13.2. The maximum atomic E-state index is 11.8. The molecule has 2 aliphatic rings. The summed E-state index contributed by atoms with van der Waals surface area (Å²) in [6.45, 7) is 8.56. The van der Waals surface area contributed by atoms with Crippen molar-refractivity contribution in [2.75, 3.05) is 36.1 Å². The molecule has 0 amide bonds. The molecule has 2 aliphatic heterocycles. The summed E-state index contributed by atoms with van der Waals surface area (Å²) in [4.78, 5) is 1.71. The number of hydrogen-bond acceptors (Lipinski definition) is 11. The molecule has 0 bridgehead atoms. The number of aliphatic hydroxyl groups is 1. The SMILES string of the molecule is Cc1ccc2c(c1)C(C)(CCCCCCO)/C(=C/C=C/C=C/C1=[N+](CCCS(=O)(=O)[O-])c3ccc(S(=O)(=O)[O-])cc3C1(C)C)N2CCCS(=O)(=O)[O-]. The predicted molar refractivity (Wildman–Crippen MR) is 198 cm³/mol. The number of hydrogen-bond donors (Lipinski definition) is 1. The van der Waals surface area contributed by atoms with E-state index in [0.29, 0.717) is 23.5 Å². The molecule has 1 N–H and O–H groups in total. The molecule has 2 aromatic rings. The van der Waals surface area contributed by atoms with Crippen LogP contribution in [0.15, 0.2) is 77.4 Å². The lowest BCUT2D eigenvalue weighted by atomic mass is 9.76. The van der Waals surface area contributed by atoms with Crippen molar-refractivity contribution in [1.29, 1.82) is 0 Å². The lowest BCUT2D eigenvalue weighted by molar-refractivity contribution is -0.437. The third kappa shape index (κ3) is 10.1. The molecular weight excluding hydrogens is 729 g/mol. The topological polar surface area (TPSA) is 198 Å². The second kappa shape index (κ2) is 16.5. The lowest BCUT2D eigenvalue weighted by Crippen LogP contribution is -2.30. The Balaban J connectivity index is 1.72. The normalized spacial score (nSPS) is 19.8. The van der Waals surface area contributed by atoms with Crippen molar-refractivity contribution in [3.05, 3.63) is 89.2 Å². The fourth-order valence-corrected chi connectivity index (χ4v) is 8.78. The van der Waals surface area contributed by atoms with Gasteiger partial charge in [-0.25, -0.2) is 25.3 Å². The monoisotopic (exact) mass is 776 g/mol. The van der Waals surface area contributed by atoms with E-state index >= 15 is 0 Å². The standard InChI is InChI=1S/C37H50N2O10S3/c1-28-16-18-33-31(26-28)37(4,20-10-5-6-11-23-40)35(39(33)22-13-25-51(44,45)46)15-9-7-8-14-34-36(2,3)30-27-29(52(47,48)49)17-19-32(30)38(34)21-12-24-50(41,42)43/h7-9,14-19,26-27,40H,5-6,10-13,20-25H2,1-4H3,(H2-,41,42,43,44,45,46,47,48,49)/p-2. The highest BCUT2D eigenvalue weighted by Gasteiger charge is 2.45. The van der Waals surface area contributed by atoms with E-state index in [-0.39, 0.29) is 30.9 Å². The molecule has 2 aromatic carbocycles. The zero-order valence-corrected chi connectivity index (χ0v) is 32.5. The highest BCUT2D eigenvalue weighted by atomic mass is 32.2. The Hall–Kier alpha value is -3.18. The minimum Gasteiger partial charge on any atom is -0.748 e. The Morgan fingerprint density at radius 2 is 1.46 bits per heavy atom. The summed E-state index contributed by atoms with van der Waals surface area (Å²) < 4.78 is 106. The van der Waals surface area contributed by atoms with Gasteiger partial charge in [0.1, 0.15) is 16.7 Å². The van der Waals surface area contributed by atoms with Crippen LogP contribution in [0.2, 0.25) is 0 Å². The Labute approximate surface area is 308 Å². The summed E-state index contributed by atoms with van der Waals surface area (Å²) in [5, 5.41) is 9.25. The molecule has 15 heteroatoms. The maximum Gasteiger partial charge on any atom is 0.209 e. The van der Waals surface area contributed by atoms with Crippen LogP contribution in [0.25, 0.3) is 0 Å². The molecule has 4 rings (SSSR count). The molecule has 1 atom stereocenters. The molecule has 0 fully saturated rings. The van der Waals surface area contributed by atoms with Gasteiger partial charge in [-0.1, -0.05) is 55.2 Å². The van der Waals surface area contributed by atoms with Gasteiger partial charge in [-0.15, -0.1) is 0 Å². The van der Waals surface area contributed by atoms with Crippen LogP contribution < -0.4 is 4.90 Å². The number of aryl methyl sites for hydroxylation is 1. The first kappa shape index (κ1) is 41.6. The number of fused-ring (bicyclic) bond motifs is 2. The number of nitrogens with zero attached hydrogens (tertiary/aromatic N) is 2. The van der Waals surface area contributed by atoms with Crippen LogP contribution in [-0.2, 0) is 41.2 Å². The van der Waals surface area contributed by atoms with E-state index in [2.05, 4.69) is 17.9 Å². The van der Waals surface area contributed by atoms with E-state index in [4.69, 9.17) is 0 Å². The van der Waals surface area contributed by atoms with Crippen LogP contribution in [-0.4, -0.2) is 85.5 Å². The first-order chi connectivity index (χ1) is 24.2. The second-order valence-electron chi connectivity index (χ2n) is 14.2. The fraction of sp³-hybridized carbons (Fsp3) is 0.486. The molecule has 1 unspecified atom stereocenters. The van der Waals surface area contributed by atoms with Gasteiger partial charge in [0.2, 0.25) is 5.69 Å². The summed E-state index contributed by atoms with van der Waals surface area (Å²) in [5.74, 6) is -1.05. The average molecular weight is 777 g/mol. The highest BCUT2D eigenvalue weighted by Crippen LogP contribution is 2.51. The number of aliphatic hydroxyl groups excluding tert-OH is 1. The largest absolute Gasteiger partial charge is 0.748 e. The van der Waals surface area contributed by atoms with Gasteiger partial charge in [0.15, 0.2) is 5.71 Å². The van der Waals surface area contributed by atoms with Crippen molar-refractivity contribution in [3.63, 3.8) is 0 Å². The molecule has 286 valence electrons. The smallest absolute Gasteiger partial charge is 0.209 e. The van der Waals surface area contributed by atoms with Gasteiger partial charge in [-0.05, 0) is 76.8 Å². The van der Waals surface area contributed by atoms with Crippen LogP contribution in [0.1, 0.15) is 82.4 Å². The first-order valence-corrected chi connectivity index (χ1v) is 21.9. The second-order valence-corrected chi connectivity index (χ2v) is 18.6. The molecule has 0 aromatic heterocycles. The van der Waals surface area contributed by atoms with Crippen LogP contribution in [0.4, 0.5) is 11.4 Å². The molecular formula is C37H48N2O10S3-2. The van der Waals surface area contributed by atoms with Gasteiger partial charge in [0.05, 0.1) is 30.5 Å². The van der Waals surface area contributed by atoms with Crippen molar-refractivity contribution >= 4 is 47.4 Å². The van der Waals surface area contributed by atoms with Crippen molar-refractivity contribution in [1.82, 2.24) is 0 Å². The molecule has 52 heavy (non-hydrogen) atoms. The molecule has 2 heterocycles. The Morgan fingerprint density at radius 3 is 2.12 bits per heavy atom. The minimum absolute atomic E-state index is 0.0321. The van der Waals surface area contributed by atoms with Crippen LogP contribution in [0.5, 0.6) is 0 Å². The predicted octanol–water partition coefficient (Wildman–Crippen LogP) is 4.86. The Bertz CT molecular complexity index is 2100. The van der Waals surface area contributed by atoms with Gasteiger partial charge in [-0.3, -0.25) is 0 Å². The zero-order chi connectivity index (χ0) is 38.5. The average Bonchev–Trinajstić information content (AvgIpc) is 3.38. The summed E-state index contributed by atoms with van der Waals surface area (Å²) >= 11 is 0. The van der Waals surface area contributed by atoms with E-state index in [1.807, 2.05) is 61.8 Å². The summed E-state index contributed by atoms with van der Waals surface area (Å²) in [6.07, 6.45) is 13.8. The first-order valence-electron chi connectivity index (χ1n) is 17.4. The number of rotatable bonds is 18. The third-order valence-electron chi connectivity index (χ3n) is 9.91. The molecule has 0 saturated carbocycles. The number of allylic oxidation sites excluding steroid dienone is 6. The van der Waals surface area contributed by atoms with E-state index < -0.39 is 52.7 Å². The van der Waals surface area contributed by atoms with E-state index in [0.717, 1.165) is 54.6 Å². The Morgan fingerprint density at radius 1 is 0.788 bits per heavy atom. The highest BCUT2D eigenvalue weighted by molar-refractivity contribution is 7.86. The van der Waals surface area contributed by atoms with Crippen molar-refractivity contribution in [3.8, 4) is 0 Å². The number of benzene rings is 2. The summed E-state index contributed by atoms with van der Waals surface area (Å²) in [6, 6.07) is 10.3. The maximum absolute atomic E-state index is 11.8. The fourth-order valence-electron chi connectivity index (χ4n) is 7.32. The molecule has 0 aliphatic carbocycles. The van der Waals surface area contributed by atoms with Crippen LogP contribution >= 0.6 is 0 Å². The molecule has 12 nitrogen and oxygen atoms in total. The van der Waals surface area contributed by atoms with Crippen molar-refractivity contribution in [2.24, 2.45) is 0 Å². The molecule has 0 spiro atoms. The molecule has 0 saturated heterocycles. The van der Waals surface area contributed by atoms with E-state index in [1.165, 1.54) is 18.2 Å². The lowest BCUT2D eigenvalue weighted by Gasteiger charge is -2.30. The van der Waals surface area contributed by atoms with Crippen LogP contribution in [0, 0.1) is 6.92 Å². The number of anilines is 1. The summed E-state index contributed by atoms with van der Waals surface area (Å²) in [7, 11) is -13.6. The van der Waals surface area contributed by atoms with Crippen molar-refractivity contribution in [2.45, 2.75) is 88.4 Å². The third-order valence-corrected chi connectivity index (χ3v) is 12.3. The van der Waals surface area contributed by atoms with Crippen molar-refractivity contribution < 1.29 is 48.6 Å². The van der Waals surface area contributed by atoms with Gasteiger partial charge < -0.3 is 23.7 Å². The van der Waals surface area contributed by atoms with Gasteiger partial charge in [-0.2, -0.15) is 4.58 Å². The van der Waals surface area contributed by atoms with E-state index in [1.54, 1.807) is 6.08 Å².